The average Bonchev–Trinajstić information content (AvgIpc) is 2.88. The number of nitrogens with one attached hydrogen (secondary N) is 3. The monoisotopic (exact) mass is 584 g/mol. The molecule has 15 nitrogen and oxygen atoms in total. The summed E-state index contributed by atoms with van der Waals surface area (Å²) in [4.78, 5) is 76.6. The van der Waals surface area contributed by atoms with E-state index in [1.165, 1.54) is 24.0 Å². The molecule has 0 unspecified atom stereocenters. The summed E-state index contributed by atoms with van der Waals surface area (Å²) in [5.41, 5.74) is 0.280. The summed E-state index contributed by atoms with van der Waals surface area (Å²) in [6.07, 6.45) is 0. The molecule has 0 aliphatic carbocycles. The largest absolute Gasteiger partial charge is 0.363 e. The van der Waals surface area contributed by atoms with Crippen LogP contribution in [0.4, 0.5) is 4.79 Å². The van der Waals surface area contributed by atoms with Crippen molar-refractivity contribution < 1.29 is 41.7 Å². The summed E-state index contributed by atoms with van der Waals surface area (Å²) < 4.78 is 33.1. The van der Waals surface area contributed by atoms with Crippen LogP contribution in [0.15, 0.2) is 30.3 Å². The molecule has 2 heterocycles. The lowest BCUT2D eigenvalue weighted by Crippen LogP contribution is -2.71. The Morgan fingerprint density at radius 3 is 2.36 bits per heavy atom. The summed E-state index contributed by atoms with van der Waals surface area (Å²) in [6, 6.07) is 4.04. The third kappa shape index (κ3) is 6.85. The van der Waals surface area contributed by atoms with E-state index in [2.05, 4.69) is 16.0 Å². The highest BCUT2D eigenvalue weighted by Gasteiger charge is 2.54. The van der Waals surface area contributed by atoms with Crippen LogP contribution in [0.3, 0.4) is 0 Å². The van der Waals surface area contributed by atoms with E-state index in [4.69, 9.17) is 0 Å². The van der Waals surface area contributed by atoms with E-state index in [0.717, 1.165) is 11.8 Å². The average molecular weight is 585 g/mol. The van der Waals surface area contributed by atoms with Gasteiger partial charge in [-0.15, -0.1) is 11.8 Å². The number of nitrogens with zero attached hydrogens (tertiary/aromatic N) is 3. The zero-order valence-electron chi connectivity index (χ0n) is 21.0. The number of carbonyl (C=O) groups is 6. The van der Waals surface area contributed by atoms with Gasteiger partial charge in [0.1, 0.15) is 17.5 Å². The molecule has 0 radical (unpaired) electrons. The van der Waals surface area contributed by atoms with Crippen molar-refractivity contribution in [2.75, 3.05) is 31.9 Å². The maximum Gasteiger partial charge on any atom is 0.363 e. The van der Waals surface area contributed by atoms with Crippen molar-refractivity contribution in [1.82, 2.24) is 30.1 Å². The molecule has 2 aliphatic rings. The maximum atomic E-state index is 13.3. The molecule has 2 fully saturated rings. The number of piperazine rings is 1. The molecule has 3 rings (SSSR count). The van der Waals surface area contributed by atoms with E-state index in [1.54, 1.807) is 25.1 Å². The number of thioether (sulfide) groups is 1. The highest BCUT2D eigenvalue weighted by atomic mass is 32.2. The molecule has 0 saturated carbocycles. The van der Waals surface area contributed by atoms with Gasteiger partial charge >= 0.3 is 28.1 Å². The van der Waals surface area contributed by atoms with Gasteiger partial charge in [0.25, 0.3) is 5.91 Å². The number of benzene rings is 1. The molecule has 3 atom stereocenters. The number of hydrogen-bond acceptors (Lipinski definition) is 9. The fourth-order valence-corrected chi connectivity index (χ4v) is 6.25. The van der Waals surface area contributed by atoms with Gasteiger partial charge in [-0.3, -0.25) is 33.4 Å². The number of imide groups is 1. The minimum atomic E-state index is -4.94. The topological polar surface area (TPSA) is 203 Å². The standard InChI is InChI=1S/C22H28N6O9S2/c1-3-26-10-11-27(20(33)19(26)32)22(34)25-15(14-7-5-4-6-8-14)17(30)24-16-18(31)28(39(35,36)37)21(16)38-12-9-23-13(2)29/h4-8,15-16,21H,3,9-12H2,1-2H3,(H,23,29)(H,24,30)(H,25,34)(H,35,36,37)/t15-,16-,21-/m1/s1. The SMILES string of the molecule is CCN1CCN(C(=O)N[C@@H](C(=O)N[C@@H]2C(=O)N(S(=O)(=O)O)[C@@H]2SCCNC(C)=O)c2ccccc2)C(=O)C1=O. The molecule has 0 bridgehead atoms. The first-order chi connectivity index (χ1) is 18.4. The summed E-state index contributed by atoms with van der Waals surface area (Å²) in [7, 11) is -4.94. The van der Waals surface area contributed by atoms with Crippen molar-refractivity contribution in [3.8, 4) is 0 Å². The summed E-state index contributed by atoms with van der Waals surface area (Å²) in [6.45, 7) is 3.42. The first-order valence-electron chi connectivity index (χ1n) is 11.8. The second-order valence-corrected chi connectivity index (χ2v) is 11.0. The third-order valence-corrected chi connectivity index (χ3v) is 8.21. The first-order valence-corrected chi connectivity index (χ1v) is 14.2. The molecular weight excluding hydrogens is 556 g/mol. The van der Waals surface area contributed by atoms with Gasteiger partial charge in [-0.25, -0.2) is 4.79 Å². The predicted octanol–water partition coefficient (Wildman–Crippen LogP) is -1.55. The van der Waals surface area contributed by atoms with E-state index >= 15 is 0 Å². The third-order valence-electron chi connectivity index (χ3n) is 5.91. The number of β-lactam (4-membered cyclic amide) rings is 1. The normalized spacial score (nSPS) is 20.3. The molecule has 4 N–H and O–H groups in total. The van der Waals surface area contributed by atoms with Crippen molar-refractivity contribution in [2.45, 2.75) is 31.3 Å². The summed E-state index contributed by atoms with van der Waals surface area (Å²) in [5, 5.41) is 6.10. The van der Waals surface area contributed by atoms with Crippen LogP contribution in [0, 0.1) is 0 Å². The number of rotatable bonds is 10. The van der Waals surface area contributed by atoms with Crippen LogP contribution >= 0.6 is 11.8 Å². The number of urea groups is 1. The maximum absolute atomic E-state index is 13.3. The Morgan fingerprint density at radius 1 is 1.10 bits per heavy atom. The molecule has 2 saturated heterocycles. The Hall–Kier alpha value is -3.70. The van der Waals surface area contributed by atoms with E-state index in [0.29, 0.717) is 4.90 Å². The molecule has 7 amide bonds. The van der Waals surface area contributed by atoms with Crippen LogP contribution < -0.4 is 16.0 Å². The van der Waals surface area contributed by atoms with Crippen molar-refractivity contribution in [3.63, 3.8) is 0 Å². The van der Waals surface area contributed by atoms with Crippen molar-refractivity contribution in [3.05, 3.63) is 35.9 Å². The Balaban J connectivity index is 1.78. The molecule has 1 aromatic rings. The van der Waals surface area contributed by atoms with Gasteiger partial charge in [0.05, 0.1) is 0 Å². The van der Waals surface area contributed by atoms with Gasteiger partial charge in [-0.2, -0.15) is 12.7 Å². The van der Waals surface area contributed by atoms with E-state index < -0.39 is 57.4 Å². The highest BCUT2D eigenvalue weighted by Crippen LogP contribution is 2.32. The number of likely N-dealkylation sites (N-methyl/N-ethyl adjacent to an activating group) is 1. The number of hydrogen-bond donors (Lipinski definition) is 4. The Bertz CT molecular complexity index is 1260. The molecule has 2 aliphatic heterocycles. The van der Waals surface area contributed by atoms with Gasteiger partial charge in [0, 0.05) is 38.9 Å². The van der Waals surface area contributed by atoms with Crippen LogP contribution in [0.1, 0.15) is 25.5 Å². The van der Waals surface area contributed by atoms with Crippen molar-refractivity contribution in [1.29, 1.82) is 0 Å². The second-order valence-electron chi connectivity index (χ2n) is 8.48. The van der Waals surface area contributed by atoms with Crippen LogP contribution in [-0.2, 0) is 34.3 Å². The van der Waals surface area contributed by atoms with Crippen LogP contribution in [0.5, 0.6) is 0 Å². The second kappa shape index (κ2) is 12.4. The lowest BCUT2D eigenvalue weighted by Gasteiger charge is -2.44. The molecule has 212 valence electrons. The van der Waals surface area contributed by atoms with Gasteiger partial charge in [0.15, 0.2) is 0 Å². The van der Waals surface area contributed by atoms with Gasteiger partial charge in [-0.1, -0.05) is 30.3 Å². The van der Waals surface area contributed by atoms with E-state index in [1.807, 2.05) is 0 Å². The Morgan fingerprint density at radius 2 is 1.77 bits per heavy atom. The van der Waals surface area contributed by atoms with Gasteiger partial charge in [0.2, 0.25) is 11.8 Å². The molecule has 17 heteroatoms. The van der Waals surface area contributed by atoms with E-state index in [-0.39, 0.29) is 47.7 Å². The quantitative estimate of drug-likeness (QED) is 0.108. The summed E-state index contributed by atoms with van der Waals surface area (Å²) >= 11 is 0.895. The van der Waals surface area contributed by atoms with Crippen LogP contribution in [-0.4, -0.2) is 106 Å². The zero-order valence-corrected chi connectivity index (χ0v) is 22.7. The predicted molar refractivity (Wildman–Crippen MR) is 137 cm³/mol. The fraction of sp³-hybridized carbons (Fsp3) is 0.455. The van der Waals surface area contributed by atoms with Crippen molar-refractivity contribution >= 4 is 57.6 Å². The number of carbonyl (C=O) groups excluding carboxylic acids is 6. The fourth-order valence-electron chi connectivity index (χ4n) is 3.94. The molecular formula is C22H28N6O9S2. The minimum absolute atomic E-state index is 0.0924. The van der Waals surface area contributed by atoms with E-state index in [9.17, 15) is 41.7 Å². The zero-order chi connectivity index (χ0) is 28.9. The van der Waals surface area contributed by atoms with Crippen LogP contribution in [0.2, 0.25) is 0 Å². The Labute approximate surface area is 228 Å². The molecule has 0 aromatic heterocycles. The molecule has 0 spiro atoms. The first kappa shape index (κ1) is 29.9. The minimum Gasteiger partial charge on any atom is -0.356 e. The Kier molecular flexibility index (Phi) is 9.52. The van der Waals surface area contributed by atoms with Gasteiger partial charge < -0.3 is 20.9 Å². The van der Waals surface area contributed by atoms with Gasteiger partial charge in [-0.05, 0) is 12.5 Å². The lowest BCUT2D eigenvalue weighted by atomic mass is 10.0. The van der Waals surface area contributed by atoms with Crippen LogP contribution in [0.25, 0.3) is 0 Å². The number of amides is 7. The van der Waals surface area contributed by atoms with Crippen molar-refractivity contribution in [2.24, 2.45) is 0 Å². The lowest BCUT2D eigenvalue weighted by molar-refractivity contribution is -0.153. The highest BCUT2D eigenvalue weighted by molar-refractivity contribution is 8.00. The smallest absolute Gasteiger partial charge is 0.356 e. The molecule has 39 heavy (non-hydrogen) atoms. The summed E-state index contributed by atoms with van der Waals surface area (Å²) in [5.74, 6) is -4.09. The molecule has 1 aromatic carbocycles.